The maximum atomic E-state index is 10.7. The molecule has 0 rings (SSSR count). The van der Waals surface area contributed by atoms with E-state index >= 15 is 0 Å². The van der Waals surface area contributed by atoms with Crippen LogP contribution in [0.3, 0.4) is 0 Å². The number of quaternary nitrogens is 1. The van der Waals surface area contributed by atoms with Crippen molar-refractivity contribution in [3.8, 4) is 0 Å². The standard InChI is InChI=1S/C5H11ClNO2.ClH/c1-7(2,4-6)5(9)3-8;/h8H,3-4H2,1-2H3;1H/q+1;/p-1. The van der Waals surface area contributed by atoms with Crippen molar-refractivity contribution in [1.82, 2.24) is 0 Å². The van der Waals surface area contributed by atoms with Crippen molar-refractivity contribution in [1.29, 1.82) is 0 Å². The second-order valence-electron chi connectivity index (χ2n) is 2.36. The van der Waals surface area contributed by atoms with E-state index in [1.54, 1.807) is 14.1 Å². The van der Waals surface area contributed by atoms with E-state index in [4.69, 9.17) is 16.7 Å². The van der Waals surface area contributed by atoms with Crippen molar-refractivity contribution in [2.24, 2.45) is 0 Å². The number of alkyl halides is 1. The first kappa shape index (κ1) is 12.8. The lowest BCUT2D eigenvalue weighted by molar-refractivity contribution is -0.801. The van der Waals surface area contributed by atoms with E-state index in [1.165, 1.54) is 0 Å². The molecule has 0 radical (unpaired) electrons. The molecule has 1 amide bonds. The maximum absolute atomic E-state index is 10.7. The minimum absolute atomic E-state index is 0. The molecule has 5 heteroatoms. The van der Waals surface area contributed by atoms with Crippen LogP contribution in [-0.4, -0.2) is 42.2 Å². The second kappa shape index (κ2) is 4.91. The molecule has 0 unspecified atom stereocenters. The summed E-state index contributed by atoms with van der Waals surface area (Å²) >= 11 is 5.41. The molecule has 0 atom stereocenters. The molecule has 0 aromatic heterocycles. The number of amides is 1. The van der Waals surface area contributed by atoms with E-state index in [2.05, 4.69) is 0 Å². The Morgan fingerprint density at radius 2 is 2.00 bits per heavy atom. The van der Waals surface area contributed by atoms with Gasteiger partial charge in [-0.25, -0.2) is 4.79 Å². The molecule has 0 bridgehead atoms. The van der Waals surface area contributed by atoms with E-state index in [0.717, 1.165) is 0 Å². The largest absolute Gasteiger partial charge is 1.00 e. The van der Waals surface area contributed by atoms with Crippen LogP contribution in [0.4, 0.5) is 0 Å². The molecule has 0 aliphatic carbocycles. The fourth-order valence-corrected chi connectivity index (χ4v) is 0.391. The summed E-state index contributed by atoms with van der Waals surface area (Å²) in [6.45, 7) is -0.445. The highest BCUT2D eigenvalue weighted by Gasteiger charge is 2.23. The number of nitrogens with zero attached hydrogens (tertiary/aromatic N) is 1. The number of likely N-dealkylation sites (N-methyl/N-ethyl adjacent to an activating group) is 1. The Balaban J connectivity index is 0. The van der Waals surface area contributed by atoms with Gasteiger partial charge < -0.3 is 17.5 Å². The lowest BCUT2D eigenvalue weighted by atomic mass is 10.5. The van der Waals surface area contributed by atoms with Crippen LogP contribution < -0.4 is 12.4 Å². The SMILES string of the molecule is C[N+](C)(CCl)C(=O)CO.[Cl-]. The molecule has 3 nitrogen and oxygen atoms in total. The molecule has 0 fully saturated rings. The summed E-state index contributed by atoms with van der Waals surface area (Å²) < 4.78 is 0.0258. The lowest BCUT2D eigenvalue weighted by Gasteiger charge is -2.21. The minimum Gasteiger partial charge on any atom is -1.00 e. The van der Waals surface area contributed by atoms with E-state index in [1.807, 2.05) is 0 Å². The van der Waals surface area contributed by atoms with Crippen molar-refractivity contribution in [2.45, 2.75) is 0 Å². The molecule has 0 aliphatic rings. The van der Waals surface area contributed by atoms with Gasteiger partial charge in [-0.1, -0.05) is 11.6 Å². The number of hydrogen-bond donors (Lipinski definition) is 1. The number of hydrogen-bond acceptors (Lipinski definition) is 2. The zero-order valence-electron chi connectivity index (χ0n) is 5.97. The number of carbonyl (C=O) groups is 1. The van der Waals surface area contributed by atoms with Crippen LogP contribution in [-0.2, 0) is 4.79 Å². The number of aliphatic hydroxyl groups excluding tert-OH is 1. The van der Waals surface area contributed by atoms with Gasteiger partial charge in [-0.15, -0.1) is 0 Å². The van der Waals surface area contributed by atoms with Crippen LogP contribution in [0.15, 0.2) is 0 Å². The molecule has 0 heterocycles. The molecule has 0 aromatic rings. The molecule has 0 spiro atoms. The summed E-state index contributed by atoms with van der Waals surface area (Å²) in [7, 11) is 3.29. The summed E-state index contributed by atoms with van der Waals surface area (Å²) in [6, 6.07) is 0.194. The Morgan fingerprint density at radius 3 is 2.10 bits per heavy atom. The fourth-order valence-electron chi connectivity index (χ4n) is 0.258. The van der Waals surface area contributed by atoms with Crippen LogP contribution in [0.25, 0.3) is 0 Å². The van der Waals surface area contributed by atoms with Crippen molar-refractivity contribution in [2.75, 3.05) is 26.7 Å². The van der Waals surface area contributed by atoms with Gasteiger partial charge in [0.15, 0.2) is 12.6 Å². The Morgan fingerprint density at radius 1 is 1.60 bits per heavy atom. The molecule has 1 N–H and O–H groups in total. The van der Waals surface area contributed by atoms with Gasteiger partial charge in [0.25, 0.3) is 0 Å². The average Bonchev–Trinajstić information content (AvgIpc) is 1.86. The second-order valence-corrected chi connectivity index (χ2v) is 2.60. The maximum Gasteiger partial charge on any atom is 0.339 e. The number of carbonyl (C=O) groups excluding carboxylic acids is 1. The van der Waals surface area contributed by atoms with Gasteiger partial charge in [-0.2, -0.15) is 0 Å². The van der Waals surface area contributed by atoms with Crippen molar-refractivity contribution < 1.29 is 26.8 Å². The molecule has 0 saturated carbocycles. The number of rotatable bonds is 2. The highest BCUT2D eigenvalue weighted by molar-refractivity contribution is 6.17. The monoisotopic (exact) mass is 187 g/mol. The third-order valence-electron chi connectivity index (χ3n) is 1.11. The van der Waals surface area contributed by atoms with Gasteiger partial charge in [0, 0.05) is 0 Å². The van der Waals surface area contributed by atoms with Crippen LogP contribution in [0.2, 0.25) is 0 Å². The predicted molar refractivity (Wildman–Crippen MR) is 34.9 cm³/mol. The third kappa shape index (κ3) is 3.37. The van der Waals surface area contributed by atoms with E-state index in [9.17, 15) is 4.79 Å². The molecular weight excluding hydrogens is 177 g/mol. The molecule has 0 aliphatic heterocycles. The van der Waals surface area contributed by atoms with Crippen LogP contribution in [0, 0.1) is 0 Å². The van der Waals surface area contributed by atoms with E-state index in [-0.39, 0.29) is 28.8 Å². The zero-order chi connectivity index (χ0) is 7.49. The van der Waals surface area contributed by atoms with Gasteiger partial charge in [-0.3, -0.25) is 4.48 Å². The van der Waals surface area contributed by atoms with Gasteiger partial charge in [0.1, 0.15) is 0 Å². The van der Waals surface area contributed by atoms with Gasteiger partial charge in [-0.05, 0) is 0 Å². The summed E-state index contributed by atoms with van der Waals surface area (Å²) in [4.78, 5) is 10.7. The minimum atomic E-state index is -0.445. The Bertz CT molecular complexity index is 116. The Labute approximate surface area is 71.6 Å². The quantitative estimate of drug-likeness (QED) is 0.281. The molecular formula is C5H11Cl2NO2. The Hall–Kier alpha value is 0.170. The van der Waals surface area contributed by atoms with Gasteiger partial charge in [0.2, 0.25) is 0 Å². The molecule has 0 aromatic carbocycles. The van der Waals surface area contributed by atoms with Crippen molar-refractivity contribution in [3.05, 3.63) is 0 Å². The van der Waals surface area contributed by atoms with E-state index < -0.39 is 6.61 Å². The summed E-state index contributed by atoms with van der Waals surface area (Å²) in [6.07, 6.45) is 0. The Kier molecular flexibility index (Phi) is 6.29. The van der Waals surface area contributed by atoms with Gasteiger partial charge in [0.05, 0.1) is 14.1 Å². The topological polar surface area (TPSA) is 37.3 Å². The fraction of sp³-hybridized carbons (Fsp3) is 0.800. The first-order valence-corrected chi connectivity index (χ1v) is 3.11. The lowest BCUT2D eigenvalue weighted by Crippen LogP contribution is -3.00. The van der Waals surface area contributed by atoms with Crippen LogP contribution in [0.5, 0.6) is 0 Å². The van der Waals surface area contributed by atoms with Crippen molar-refractivity contribution in [3.63, 3.8) is 0 Å². The summed E-state index contributed by atoms with van der Waals surface area (Å²) in [5.74, 6) is -0.273. The molecule has 10 heavy (non-hydrogen) atoms. The summed E-state index contributed by atoms with van der Waals surface area (Å²) in [5.41, 5.74) is 0. The predicted octanol–water partition coefficient (Wildman–Crippen LogP) is -3.22. The first-order chi connectivity index (χ1) is 4.04. The first-order valence-electron chi connectivity index (χ1n) is 2.58. The normalized spacial score (nSPS) is 10.4. The van der Waals surface area contributed by atoms with E-state index in [0.29, 0.717) is 0 Å². The summed E-state index contributed by atoms with van der Waals surface area (Å²) in [5, 5.41) is 8.38. The van der Waals surface area contributed by atoms with Crippen LogP contribution >= 0.6 is 11.6 Å². The van der Waals surface area contributed by atoms with Crippen LogP contribution in [0.1, 0.15) is 0 Å². The highest BCUT2D eigenvalue weighted by Crippen LogP contribution is 1.98. The number of aliphatic hydroxyl groups is 1. The molecule has 0 saturated heterocycles. The third-order valence-corrected chi connectivity index (χ3v) is 1.71. The average molecular weight is 188 g/mol. The van der Waals surface area contributed by atoms with Crippen molar-refractivity contribution >= 4 is 17.5 Å². The smallest absolute Gasteiger partial charge is 0.339 e. The van der Waals surface area contributed by atoms with Gasteiger partial charge >= 0.3 is 5.91 Å². The zero-order valence-corrected chi connectivity index (χ0v) is 7.48. The highest BCUT2D eigenvalue weighted by atomic mass is 35.5. The molecule has 62 valence electrons. The number of halogens is 2.